The quantitative estimate of drug-likeness (QED) is 0.758. The Morgan fingerprint density at radius 3 is 2.39 bits per heavy atom. The van der Waals surface area contributed by atoms with Crippen LogP contribution >= 0.6 is 0 Å². The molecule has 18 heavy (non-hydrogen) atoms. The third-order valence-electron chi connectivity index (χ3n) is 2.16. The van der Waals surface area contributed by atoms with Crippen LogP contribution in [0.5, 0.6) is 11.6 Å². The average Bonchev–Trinajstić information content (AvgIpc) is 2.27. The van der Waals surface area contributed by atoms with Gasteiger partial charge in [0.05, 0.1) is 5.52 Å². The summed E-state index contributed by atoms with van der Waals surface area (Å²) in [5.74, 6) is -0.492. The molecule has 0 saturated carbocycles. The van der Waals surface area contributed by atoms with Crippen molar-refractivity contribution < 1.29 is 19.1 Å². The molecule has 0 saturated heterocycles. The number of carbonyl (C=O) groups excluding carboxylic acids is 2. The SMILES string of the molecule is CC(=O)Oc1cc(OC(C)=O)c2ccccc2n1. The number of aromatic nitrogens is 1. The largest absolute Gasteiger partial charge is 0.426 e. The molecule has 5 heteroatoms. The Hall–Kier alpha value is -2.43. The van der Waals surface area contributed by atoms with Gasteiger partial charge in [-0.2, -0.15) is 0 Å². The number of pyridine rings is 1. The highest BCUT2D eigenvalue weighted by molar-refractivity contribution is 5.88. The van der Waals surface area contributed by atoms with E-state index in [1.165, 1.54) is 19.9 Å². The van der Waals surface area contributed by atoms with Crippen LogP contribution < -0.4 is 9.47 Å². The summed E-state index contributed by atoms with van der Waals surface area (Å²) >= 11 is 0. The summed E-state index contributed by atoms with van der Waals surface area (Å²) in [6.07, 6.45) is 0. The van der Waals surface area contributed by atoms with Crippen molar-refractivity contribution in [2.75, 3.05) is 0 Å². The molecule has 2 rings (SSSR count). The summed E-state index contributed by atoms with van der Waals surface area (Å²) in [4.78, 5) is 26.1. The molecular formula is C13H11NO4. The van der Waals surface area contributed by atoms with Crippen molar-refractivity contribution >= 4 is 22.8 Å². The molecule has 92 valence electrons. The second-order valence-corrected chi connectivity index (χ2v) is 3.66. The van der Waals surface area contributed by atoms with E-state index in [1.54, 1.807) is 18.2 Å². The van der Waals surface area contributed by atoms with E-state index in [9.17, 15) is 9.59 Å². The van der Waals surface area contributed by atoms with Crippen LogP contribution in [0.25, 0.3) is 10.9 Å². The lowest BCUT2D eigenvalue weighted by Crippen LogP contribution is -2.06. The molecule has 0 aliphatic carbocycles. The standard InChI is InChI=1S/C13H11NO4/c1-8(15)17-12-7-13(18-9(2)16)14-11-6-4-3-5-10(11)12/h3-7H,1-2H3. The molecule has 1 heterocycles. The second-order valence-electron chi connectivity index (χ2n) is 3.66. The number of rotatable bonds is 2. The highest BCUT2D eigenvalue weighted by Gasteiger charge is 2.10. The summed E-state index contributed by atoms with van der Waals surface area (Å²) < 4.78 is 9.98. The molecule has 0 aliphatic rings. The van der Waals surface area contributed by atoms with Crippen LogP contribution in [0.1, 0.15) is 13.8 Å². The monoisotopic (exact) mass is 245 g/mol. The maximum atomic E-state index is 11.0. The number of benzene rings is 1. The number of fused-ring (bicyclic) bond motifs is 1. The number of hydrogen-bond acceptors (Lipinski definition) is 5. The number of ether oxygens (including phenoxy) is 2. The van der Waals surface area contributed by atoms with Crippen molar-refractivity contribution in [3.8, 4) is 11.6 Å². The molecule has 5 nitrogen and oxygen atoms in total. The Kier molecular flexibility index (Phi) is 3.23. The van der Waals surface area contributed by atoms with Gasteiger partial charge < -0.3 is 9.47 Å². The highest BCUT2D eigenvalue weighted by Crippen LogP contribution is 2.28. The van der Waals surface area contributed by atoms with Crippen LogP contribution in [0.15, 0.2) is 30.3 Å². The third kappa shape index (κ3) is 2.63. The smallest absolute Gasteiger partial charge is 0.309 e. The molecule has 0 fully saturated rings. The Morgan fingerprint density at radius 2 is 1.72 bits per heavy atom. The van der Waals surface area contributed by atoms with Gasteiger partial charge in [0.15, 0.2) is 0 Å². The summed E-state index contributed by atoms with van der Waals surface area (Å²) in [6, 6.07) is 8.55. The van der Waals surface area contributed by atoms with Crippen LogP contribution in [0.4, 0.5) is 0 Å². The summed E-state index contributed by atoms with van der Waals surface area (Å²) in [5.41, 5.74) is 0.590. The van der Waals surface area contributed by atoms with Crippen molar-refractivity contribution in [2.45, 2.75) is 13.8 Å². The summed E-state index contributed by atoms with van der Waals surface area (Å²) in [5, 5.41) is 0.684. The first kappa shape index (κ1) is 12.0. The van der Waals surface area contributed by atoms with Crippen LogP contribution in [0, 0.1) is 0 Å². The van der Waals surface area contributed by atoms with Crippen LogP contribution in [0.3, 0.4) is 0 Å². The van der Waals surface area contributed by atoms with Crippen LogP contribution in [0.2, 0.25) is 0 Å². The van der Waals surface area contributed by atoms with Gasteiger partial charge in [-0.15, -0.1) is 0 Å². The van der Waals surface area contributed by atoms with E-state index in [0.717, 1.165) is 0 Å². The predicted octanol–water partition coefficient (Wildman–Crippen LogP) is 2.09. The molecule has 0 amide bonds. The van der Waals surface area contributed by atoms with Gasteiger partial charge in [-0.3, -0.25) is 9.59 Å². The lowest BCUT2D eigenvalue weighted by atomic mass is 10.2. The Balaban J connectivity index is 2.56. The topological polar surface area (TPSA) is 65.5 Å². The number of esters is 2. The first-order chi connectivity index (χ1) is 8.56. The molecule has 0 radical (unpaired) electrons. The maximum Gasteiger partial charge on any atom is 0.309 e. The Bertz CT molecular complexity index is 621. The molecule has 0 aliphatic heterocycles. The van der Waals surface area contributed by atoms with Crippen molar-refractivity contribution in [3.63, 3.8) is 0 Å². The van der Waals surface area contributed by atoms with Gasteiger partial charge >= 0.3 is 11.9 Å². The number of carbonyl (C=O) groups is 2. The first-order valence-electron chi connectivity index (χ1n) is 5.33. The van der Waals surface area contributed by atoms with Gasteiger partial charge in [-0.25, -0.2) is 4.98 Å². The van der Waals surface area contributed by atoms with Crippen molar-refractivity contribution in [3.05, 3.63) is 30.3 Å². The first-order valence-corrected chi connectivity index (χ1v) is 5.33. The molecule has 2 aromatic rings. The Morgan fingerprint density at radius 1 is 1.06 bits per heavy atom. The highest BCUT2D eigenvalue weighted by atomic mass is 16.5. The van der Waals surface area contributed by atoms with Crippen molar-refractivity contribution in [1.29, 1.82) is 0 Å². The van der Waals surface area contributed by atoms with Crippen molar-refractivity contribution in [2.24, 2.45) is 0 Å². The van der Waals surface area contributed by atoms with Crippen molar-refractivity contribution in [1.82, 2.24) is 4.98 Å². The Labute approximate surface area is 103 Å². The van der Waals surface area contributed by atoms with Crippen LogP contribution in [-0.4, -0.2) is 16.9 Å². The van der Waals surface area contributed by atoms with Gasteiger partial charge in [-0.1, -0.05) is 12.1 Å². The minimum Gasteiger partial charge on any atom is -0.426 e. The summed E-state index contributed by atoms with van der Waals surface area (Å²) in [6.45, 7) is 2.59. The van der Waals surface area contributed by atoms with E-state index in [1.807, 2.05) is 6.07 Å². The van der Waals surface area contributed by atoms with E-state index in [2.05, 4.69) is 4.98 Å². The molecule has 0 bridgehead atoms. The normalized spacial score (nSPS) is 10.1. The molecular weight excluding hydrogens is 234 g/mol. The van der Waals surface area contributed by atoms with E-state index in [-0.39, 0.29) is 5.88 Å². The summed E-state index contributed by atoms with van der Waals surface area (Å²) in [7, 11) is 0. The number of nitrogens with zero attached hydrogens (tertiary/aromatic N) is 1. The number of hydrogen-bond donors (Lipinski definition) is 0. The fourth-order valence-electron chi connectivity index (χ4n) is 1.56. The van der Waals surface area contributed by atoms with Gasteiger partial charge in [0.25, 0.3) is 0 Å². The second kappa shape index (κ2) is 4.83. The van der Waals surface area contributed by atoms with Gasteiger partial charge in [0.1, 0.15) is 5.75 Å². The molecule has 0 spiro atoms. The molecule has 1 aromatic carbocycles. The zero-order valence-corrected chi connectivity index (χ0v) is 9.97. The van der Waals surface area contributed by atoms with Crippen LogP contribution in [-0.2, 0) is 9.59 Å². The lowest BCUT2D eigenvalue weighted by molar-refractivity contribution is -0.132. The third-order valence-corrected chi connectivity index (χ3v) is 2.16. The molecule has 0 atom stereocenters. The molecule has 0 N–H and O–H groups in total. The lowest BCUT2D eigenvalue weighted by Gasteiger charge is -2.08. The number of para-hydroxylation sites is 1. The minimum atomic E-state index is -0.480. The van der Waals surface area contributed by atoms with Gasteiger partial charge in [0.2, 0.25) is 5.88 Å². The fourth-order valence-corrected chi connectivity index (χ4v) is 1.56. The predicted molar refractivity (Wildman–Crippen MR) is 64.4 cm³/mol. The van der Waals surface area contributed by atoms with E-state index < -0.39 is 11.9 Å². The van der Waals surface area contributed by atoms with E-state index in [4.69, 9.17) is 9.47 Å². The fraction of sp³-hybridized carbons (Fsp3) is 0.154. The molecule has 1 aromatic heterocycles. The average molecular weight is 245 g/mol. The zero-order valence-electron chi connectivity index (χ0n) is 9.97. The van der Waals surface area contributed by atoms with E-state index >= 15 is 0 Å². The molecule has 0 unspecified atom stereocenters. The van der Waals surface area contributed by atoms with E-state index in [0.29, 0.717) is 16.7 Å². The minimum absolute atomic E-state index is 0.109. The zero-order chi connectivity index (χ0) is 13.1. The van der Waals surface area contributed by atoms with Gasteiger partial charge in [0, 0.05) is 25.3 Å². The van der Waals surface area contributed by atoms with Gasteiger partial charge in [-0.05, 0) is 12.1 Å². The maximum absolute atomic E-state index is 11.0.